The van der Waals surface area contributed by atoms with Crippen LogP contribution in [0.25, 0.3) is 0 Å². The number of ether oxygens (including phenoxy) is 1. The van der Waals surface area contributed by atoms with E-state index in [-0.39, 0.29) is 12.0 Å². The minimum absolute atomic E-state index is 0.0526. The summed E-state index contributed by atoms with van der Waals surface area (Å²) in [6.45, 7) is 1.68. The Morgan fingerprint density at radius 2 is 2.16 bits per heavy atom. The Morgan fingerprint density at radius 3 is 2.84 bits per heavy atom. The average Bonchev–Trinajstić information content (AvgIpc) is 2.43. The maximum Gasteiger partial charge on any atom is 0.227 e. The van der Waals surface area contributed by atoms with Crippen LogP contribution in [0.15, 0.2) is 18.2 Å². The van der Waals surface area contributed by atoms with Gasteiger partial charge < -0.3 is 9.64 Å². The second-order valence-electron chi connectivity index (χ2n) is 4.41. The summed E-state index contributed by atoms with van der Waals surface area (Å²) in [5.74, 6) is 0.452. The van der Waals surface area contributed by atoms with Gasteiger partial charge in [0, 0.05) is 13.1 Å². The zero-order valence-electron chi connectivity index (χ0n) is 10.2. The van der Waals surface area contributed by atoms with Crippen molar-refractivity contribution in [1.82, 2.24) is 4.90 Å². The molecule has 2 rings (SSSR count). The number of hydrogen-bond acceptors (Lipinski definition) is 2. The number of hydrogen-bond donors (Lipinski definition) is 0. The maximum absolute atomic E-state index is 12.2. The Balaban J connectivity index is 1.98. The van der Waals surface area contributed by atoms with Crippen LogP contribution in [0, 0.1) is 0 Å². The highest BCUT2D eigenvalue weighted by molar-refractivity contribution is 6.42. The molecule has 1 unspecified atom stereocenters. The lowest BCUT2D eigenvalue weighted by Gasteiger charge is -2.32. The molecule has 1 aliphatic heterocycles. The van der Waals surface area contributed by atoms with Crippen LogP contribution in [-0.2, 0) is 16.0 Å². The fraction of sp³-hybridized carbons (Fsp3) is 0.462. The van der Waals surface area contributed by atoms with Crippen LogP contribution in [-0.4, -0.2) is 42.5 Å². The molecular formula is C13H14Cl3NO2. The minimum atomic E-state index is -0.0758. The van der Waals surface area contributed by atoms with Crippen molar-refractivity contribution >= 4 is 40.7 Å². The fourth-order valence-corrected chi connectivity index (χ4v) is 2.48. The third-order valence-electron chi connectivity index (χ3n) is 3.00. The zero-order chi connectivity index (χ0) is 13.8. The largest absolute Gasteiger partial charge is 0.373 e. The number of rotatable bonds is 3. The number of benzene rings is 1. The smallest absolute Gasteiger partial charge is 0.227 e. The first-order valence-electron chi connectivity index (χ1n) is 5.99. The predicted molar refractivity (Wildman–Crippen MR) is 77.2 cm³/mol. The van der Waals surface area contributed by atoms with Gasteiger partial charge in [-0.05, 0) is 17.7 Å². The normalized spacial score (nSPS) is 19.5. The van der Waals surface area contributed by atoms with Crippen molar-refractivity contribution in [2.24, 2.45) is 0 Å². The molecule has 3 nitrogen and oxygen atoms in total. The standard InChI is InChI=1S/C13H14Cl3NO2/c14-7-10-8-17(3-4-19-10)13(18)6-9-1-2-11(15)12(16)5-9/h1-2,5,10H,3-4,6-8H2. The van der Waals surface area contributed by atoms with Gasteiger partial charge in [0.25, 0.3) is 0 Å². The highest BCUT2D eigenvalue weighted by Gasteiger charge is 2.23. The Kier molecular flexibility index (Phi) is 5.34. The van der Waals surface area contributed by atoms with E-state index in [9.17, 15) is 4.79 Å². The molecule has 1 aromatic rings. The van der Waals surface area contributed by atoms with E-state index in [2.05, 4.69) is 0 Å². The predicted octanol–water partition coefficient (Wildman–Crippen LogP) is 3.00. The van der Waals surface area contributed by atoms with E-state index in [0.717, 1.165) is 5.56 Å². The molecular weight excluding hydrogens is 309 g/mol. The molecule has 0 bridgehead atoms. The molecule has 0 radical (unpaired) electrons. The molecule has 0 saturated carbocycles. The van der Waals surface area contributed by atoms with Gasteiger partial charge in [-0.2, -0.15) is 0 Å². The monoisotopic (exact) mass is 321 g/mol. The van der Waals surface area contributed by atoms with Crippen molar-refractivity contribution < 1.29 is 9.53 Å². The molecule has 0 spiro atoms. The molecule has 0 N–H and O–H groups in total. The van der Waals surface area contributed by atoms with Gasteiger partial charge in [-0.1, -0.05) is 29.3 Å². The number of halogens is 3. The molecule has 1 aliphatic rings. The van der Waals surface area contributed by atoms with Crippen LogP contribution in [0.3, 0.4) is 0 Å². The summed E-state index contributed by atoms with van der Waals surface area (Å²) in [5.41, 5.74) is 0.855. The summed E-state index contributed by atoms with van der Waals surface area (Å²) in [6, 6.07) is 5.24. The van der Waals surface area contributed by atoms with Gasteiger partial charge in [0.05, 0.1) is 35.1 Å². The molecule has 104 valence electrons. The number of carbonyl (C=O) groups is 1. The van der Waals surface area contributed by atoms with Gasteiger partial charge in [0.2, 0.25) is 5.91 Å². The molecule has 1 aromatic carbocycles. The van der Waals surface area contributed by atoms with Crippen molar-refractivity contribution in [3.63, 3.8) is 0 Å². The highest BCUT2D eigenvalue weighted by Crippen LogP contribution is 2.23. The van der Waals surface area contributed by atoms with Crippen LogP contribution in [0.4, 0.5) is 0 Å². The van der Waals surface area contributed by atoms with Crippen LogP contribution in [0.2, 0.25) is 10.0 Å². The number of amides is 1. The number of carbonyl (C=O) groups excluding carboxylic acids is 1. The lowest BCUT2D eigenvalue weighted by Crippen LogP contribution is -2.46. The Morgan fingerprint density at radius 1 is 1.37 bits per heavy atom. The van der Waals surface area contributed by atoms with Gasteiger partial charge >= 0.3 is 0 Å². The first kappa shape index (κ1) is 14.9. The molecule has 6 heteroatoms. The number of nitrogens with zero attached hydrogens (tertiary/aromatic N) is 1. The topological polar surface area (TPSA) is 29.5 Å². The summed E-state index contributed by atoms with van der Waals surface area (Å²) < 4.78 is 5.43. The number of alkyl halides is 1. The summed E-state index contributed by atoms with van der Waals surface area (Å²) >= 11 is 17.5. The van der Waals surface area contributed by atoms with Crippen molar-refractivity contribution in [2.75, 3.05) is 25.6 Å². The third kappa shape index (κ3) is 3.99. The van der Waals surface area contributed by atoms with Gasteiger partial charge in [0.15, 0.2) is 0 Å². The zero-order valence-corrected chi connectivity index (χ0v) is 12.5. The summed E-state index contributed by atoms with van der Waals surface area (Å²) in [4.78, 5) is 14.0. The molecule has 19 heavy (non-hydrogen) atoms. The Labute approximate surface area is 127 Å². The first-order valence-corrected chi connectivity index (χ1v) is 7.28. The summed E-state index contributed by atoms with van der Waals surface area (Å²) in [6.07, 6.45) is 0.236. The number of morpholine rings is 1. The van der Waals surface area contributed by atoms with Gasteiger partial charge in [-0.25, -0.2) is 0 Å². The molecule has 1 saturated heterocycles. The third-order valence-corrected chi connectivity index (χ3v) is 4.09. The van der Waals surface area contributed by atoms with E-state index < -0.39 is 0 Å². The molecule has 1 fully saturated rings. The average molecular weight is 323 g/mol. The summed E-state index contributed by atoms with van der Waals surface area (Å²) in [7, 11) is 0. The second kappa shape index (κ2) is 6.80. The van der Waals surface area contributed by atoms with Crippen molar-refractivity contribution in [1.29, 1.82) is 0 Å². The van der Waals surface area contributed by atoms with Gasteiger partial charge in [0.1, 0.15) is 0 Å². The van der Waals surface area contributed by atoms with Crippen molar-refractivity contribution in [3.05, 3.63) is 33.8 Å². The van der Waals surface area contributed by atoms with Crippen LogP contribution in [0.5, 0.6) is 0 Å². The molecule has 1 amide bonds. The van der Waals surface area contributed by atoms with Crippen molar-refractivity contribution in [3.8, 4) is 0 Å². The van der Waals surface area contributed by atoms with E-state index in [1.54, 1.807) is 17.0 Å². The lowest BCUT2D eigenvalue weighted by atomic mass is 10.1. The highest BCUT2D eigenvalue weighted by atomic mass is 35.5. The van der Waals surface area contributed by atoms with Crippen molar-refractivity contribution in [2.45, 2.75) is 12.5 Å². The fourth-order valence-electron chi connectivity index (χ4n) is 1.98. The molecule has 1 atom stereocenters. The first-order chi connectivity index (χ1) is 9.10. The lowest BCUT2D eigenvalue weighted by molar-refractivity contribution is -0.137. The van der Waals surface area contributed by atoms with E-state index in [4.69, 9.17) is 39.5 Å². The molecule has 0 aromatic heterocycles. The summed E-state index contributed by atoms with van der Waals surface area (Å²) in [5, 5.41) is 0.957. The van der Waals surface area contributed by atoms with E-state index in [1.165, 1.54) is 0 Å². The molecule has 1 heterocycles. The van der Waals surface area contributed by atoms with E-state index in [0.29, 0.717) is 42.0 Å². The second-order valence-corrected chi connectivity index (χ2v) is 5.54. The van der Waals surface area contributed by atoms with Crippen LogP contribution < -0.4 is 0 Å². The minimum Gasteiger partial charge on any atom is -0.373 e. The van der Waals surface area contributed by atoms with Crippen LogP contribution in [0.1, 0.15) is 5.56 Å². The van der Waals surface area contributed by atoms with Gasteiger partial charge in [-0.3, -0.25) is 4.79 Å². The Hall–Kier alpha value is -0.480. The molecule has 0 aliphatic carbocycles. The van der Waals surface area contributed by atoms with E-state index >= 15 is 0 Å². The van der Waals surface area contributed by atoms with Crippen LogP contribution >= 0.6 is 34.8 Å². The van der Waals surface area contributed by atoms with Gasteiger partial charge in [-0.15, -0.1) is 11.6 Å². The van der Waals surface area contributed by atoms with E-state index in [1.807, 2.05) is 6.07 Å². The quantitative estimate of drug-likeness (QED) is 0.801. The SMILES string of the molecule is O=C(Cc1ccc(Cl)c(Cl)c1)N1CCOC(CCl)C1. The Bertz CT molecular complexity index is 467. The maximum atomic E-state index is 12.2.